The Balaban J connectivity index is 1.95. The highest BCUT2D eigenvalue weighted by Gasteiger charge is 2.30. The van der Waals surface area contributed by atoms with Crippen LogP contribution in [-0.2, 0) is 29.6 Å². The van der Waals surface area contributed by atoms with E-state index in [1.807, 2.05) is 11.4 Å². The van der Waals surface area contributed by atoms with Gasteiger partial charge in [0.2, 0.25) is 10.0 Å². The van der Waals surface area contributed by atoms with Crippen LogP contribution in [0.25, 0.3) is 0 Å². The molecular weight excluding hydrogens is 313 g/mol. The van der Waals surface area contributed by atoms with Gasteiger partial charge in [0.15, 0.2) is 0 Å². The molecule has 112 valence electrons. The normalized spacial score (nSPS) is 15.9. The van der Waals surface area contributed by atoms with E-state index in [0.717, 1.165) is 11.6 Å². The molecule has 1 aromatic carbocycles. The lowest BCUT2D eigenvalue weighted by Gasteiger charge is -2.26. The van der Waals surface area contributed by atoms with Crippen molar-refractivity contribution in [3.63, 3.8) is 0 Å². The summed E-state index contributed by atoms with van der Waals surface area (Å²) in [5.41, 5.74) is 1.34. The zero-order valence-corrected chi connectivity index (χ0v) is 12.8. The van der Waals surface area contributed by atoms with Gasteiger partial charge in [-0.3, -0.25) is 0 Å². The van der Waals surface area contributed by atoms with E-state index in [4.69, 9.17) is 5.11 Å². The predicted octanol–water partition coefficient (Wildman–Crippen LogP) is 2.13. The Morgan fingerprint density at radius 2 is 2.14 bits per heavy atom. The lowest BCUT2D eigenvalue weighted by Crippen LogP contribution is -2.35. The standard InChI is InChI=1S/C14H14FNO3S2/c15-12-7-10(9-17)1-2-14(12)21(18,19)16-5-3-13-11(8-16)4-6-20-13/h1-2,4,6-7,17H,3,5,8-9H2. The van der Waals surface area contributed by atoms with Gasteiger partial charge in [0.05, 0.1) is 6.61 Å². The molecule has 0 unspecified atom stereocenters. The first-order chi connectivity index (χ1) is 10.0. The first-order valence-corrected chi connectivity index (χ1v) is 8.79. The van der Waals surface area contributed by atoms with Crippen molar-refractivity contribution < 1.29 is 17.9 Å². The molecule has 0 fully saturated rings. The van der Waals surface area contributed by atoms with Crippen molar-refractivity contribution in [3.05, 3.63) is 51.5 Å². The maximum absolute atomic E-state index is 14.0. The minimum atomic E-state index is -3.86. The number of nitrogens with zero attached hydrogens (tertiary/aromatic N) is 1. The largest absolute Gasteiger partial charge is 0.392 e. The Hall–Kier alpha value is -1.28. The van der Waals surface area contributed by atoms with Crippen LogP contribution in [0.1, 0.15) is 16.0 Å². The van der Waals surface area contributed by atoms with E-state index in [9.17, 15) is 12.8 Å². The molecule has 4 nitrogen and oxygen atoms in total. The van der Waals surface area contributed by atoms with E-state index < -0.39 is 15.8 Å². The van der Waals surface area contributed by atoms with E-state index in [0.29, 0.717) is 18.5 Å². The molecule has 7 heteroatoms. The molecule has 0 amide bonds. The topological polar surface area (TPSA) is 57.6 Å². The molecule has 0 atom stereocenters. The number of aliphatic hydroxyl groups excluding tert-OH is 1. The summed E-state index contributed by atoms with van der Waals surface area (Å²) in [6.07, 6.45) is 0.655. The van der Waals surface area contributed by atoms with Crippen molar-refractivity contribution in [2.75, 3.05) is 6.54 Å². The summed E-state index contributed by atoms with van der Waals surface area (Å²) in [6, 6.07) is 5.62. The second-order valence-corrected chi connectivity index (χ2v) is 7.79. The van der Waals surface area contributed by atoms with Crippen molar-refractivity contribution in [2.24, 2.45) is 0 Å². The second kappa shape index (κ2) is 5.49. The molecule has 3 rings (SSSR count). The molecule has 2 heterocycles. The number of rotatable bonds is 3. The Kier molecular flexibility index (Phi) is 3.83. The van der Waals surface area contributed by atoms with Gasteiger partial charge in [-0.2, -0.15) is 4.31 Å². The van der Waals surface area contributed by atoms with Gasteiger partial charge in [-0.1, -0.05) is 6.07 Å². The van der Waals surface area contributed by atoms with Crippen molar-refractivity contribution in [1.29, 1.82) is 0 Å². The van der Waals surface area contributed by atoms with Crippen LogP contribution in [0.4, 0.5) is 4.39 Å². The van der Waals surface area contributed by atoms with Gasteiger partial charge in [0.1, 0.15) is 10.7 Å². The highest BCUT2D eigenvalue weighted by molar-refractivity contribution is 7.89. The van der Waals surface area contributed by atoms with Crippen LogP contribution < -0.4 is 0 Å². The van der Waals surface area contributed by atoms with Crippen molar-refractivity contribution >= 4 is 21.4 Å². The molecule has 2 aromatic rings. The fraction of sp³-hybridized carbons (Fsp3) is 0.286. The number of halogens is 1. The van der Waals surface area contributed by atoms with Gasteiger partial charge in [-0.15, -0.1) is 11.3 Å². The highest BCUT2D eigenvalue weighted by atomic mass is 32.2. The first kappa shape index (κ1) is 14.6. The average Bonchev–Trinajstić information content (AvgIpc) is 2.94. The molecular formula is C14H14FNO3S2. The fourth-order valence-corrected chi connectivity index (χ4v) is 4.77. The van der Waals surface area contributed by atoms with E-state index in [2.05, 4.69) is 0 Å². The van der Waals surface area contributed by atoms with E-state index in [-0.39, 0.29) is 18.0 Å². The first-order valence-electron chi connectivity index (χ1n) is 6.47. The van der Waals surface area contributed by atoms with E-state index in [1.54, 1.807) is 11.3 Å². The van der Waals surface area contributed by atoms with Crippen LogP contribution in [0.5, 0.6) is 0 Å². The van der Waals surface area contributed by atoms with Gasteiger partial charge < -0.3 is 5.11 Å². The number of fused-ring (bicyclic) bond motifs is 1. The zero-order chi connectivity index (χ0) is 15.0. The van der Waals surface area contributed by atoms with Crippen molar-refractivity contribution in [1.82, 2.24) is 4.31 Å². The molecule has 0 bridgehead atoms. The third kappa shape index (κ3) is 2.62. The number of thiophene rings is 1. The molecule has 1 aliphatic rings. The summed E-state index contributed by atoms with van der Waals surface area (Å²) in [7, 11) is -3.86. The maximum atomic E-state index is 14.0. The van der Waals surface area contributed by atoms with Crippen LogP contribution >= 0.6 is 11.3 Å². The summed E-state index contributed by atoms with van der Waals surface area (Å²) in [5, 5.41) is 10.9. The highest BCUT2D eigenvalue weighted by Crippen LogP contribution is 2.29. The number of hydrogen-bond donors (Lipinski definition) is 1. The minimum absolute atomic E-state index is 0.280. The average molecular weight is 327 g/mol. The summed E-state index contributed by atoms with van der Waals surface area (Å²) in [4.78, 5) is 0.857. The molecule has 0 spiro atoms. The monoisotopic (exact) mass is 327 g/mol. The number of sulfonamides is 1. The quantitative estimate of drug-likeness (QED) is 0.939. The molecule has 0 radical (unpaired) electrons. The Morgan fingerprint density at radius 3 is 2.86 bits per heavy atom. The molecule has 1 N–H and O–H groups in total. The maximum Gasteiger partial charge on any atom is 0.246 e. The molecule has 0 aliphatic carbocycles. The van der Waals surface area contributed by atoms with Gasteiger partial charge in [-0.05, 0) is 41.1 Å². The fourth-order valence-electron chi connectivity index (χ4n) is 2.42. The number of hydrogen-bond acceptors (Lipinski definition) is 4. The van der Waals surface area contributed by atoms with Crippen molar-refractivity contribution in [3.8, 4) is 0 Å². The molecule has 1 aliphatic heterocycles. The van der Waals surface area contributed by atoms with Gasteiger partial charge >= 0.3 is 0 Å². The van der Waals surface area contributed by atoms with Gasteiger partial charge in [-0.25, -0.2) is 12.8 Å². The third-order valence-corrected chi connectivity index (χ3v) is 6.47. The Labute approximate surface area is 126 Å². The second-order valence-electron chi connectivity index (χ2n) is 4.88. The minimum Gasteiger partial charge on any atom is -0.392 e. The van der Waals surface area contributed by atoms with Crippen molar-refractivity contribution in [2.45, 2.75) is 24.5 Å². The molecule has 0 saturated heterocycles. The number of aliphatic hydroxyl groups is 1. The van der Waals surface area contributed by atoms with Crippen LogP contribution in [0.2, 0.25) is 0 Å². The Morgan fingerprint density at radius 1 is 1.33 bits per heavy atom. The van der Waals surface area contributed by atoms with Crippen LogP contribution in [0, 0.1) is 5.82 Å². The summed E-state index contributed by atoms with van der Waals surface area (Å²) in [5.74, 6) is -0.822. The summed E-state index contributed by atoms with van der Waals surface area (Å²) >= 11 is 1.62. The van der Waals surface area contributed by atoms with Crippen LogP contribution in [0.15, 0.2) is 34.5 Å². The lowest BCUT2D eigenvalue weighted by atomic mass is 10.1. The molecule has 21 heavy (non-hydrogen) atoms. The number of benzene rings is 1. The SMILES string of the molecule is O=S(=O)(c1ccc(CO)cc1F)N1CCc2sccc2C1. The zero-order valence-electron chi connectivity index (χ0n) is 11.1. The lowest BCUT2D eigenvalue weighted by molar-refractivity contribution is 0.281. The predicted molar refractivity (Wildman–Crippen MR) is 77.9 cm³/mol. The summed E-state index contributed by atoms with van der Waals surface area (Å²) < 4.78 is 40.4. The van der Waals surface area contributed by atoms with Gasteiger partial charge in [0.25, 0.3) is 0 Å². The van der Waals surface area contributed by atoms with Gasteiger partial charge in [0, 0.05) is 18.0 Å². The summed E-state index contributed by atoms with van der Waals surface area (Å²) in [6.45, 7) is 0.318. The Bertz CT molecular complexity index is 770. The molecule has 0 saturated carbocycles. The smallest absolute Gasteiger partial charge is 0.246 e. The van der Waals surface area contributed by atoms with Crippen LogP contribution in [0.3, 0.4) is 0 Å². The van der Waals surface area contributed by atoms with Crippen LogP contribution in [-0.4, -0.2) is 24.4 Å². The van der Waals surface area contributed by atoms with E-state index in [1.165, 1.54) is 21.3 Å². The third-order valence-electron chi connectivity index (χ3n) is 3.57. The van der Waals surface area contributed by atoms with E-state index >= 15 is 0 Å². The molecule has 1 aromatic heterocycles.